The Morgan fingerprint density at radius 3 is 2.56 bits per heavy atom. The van der Waals surface area contributed by atoms with Crippen LogP contribution in [-0.4, -0.2) is 60.1 Å². The Hall–Kier alpha value is -3.37. The standard InChI is InChI=1S/C26H30F3N5O2/c1-17-18(2)32-34(21-10-5-4-6-11-21)24(17)31-25(35)30-23-16-33(12-13-36-3)15-22(23)19-8-7-9-20(14-19)26(27,28)29/h4-11,14,22-23H,12-13,15-16H2,1-3H3,(H2,30,31,35)/t22-,23+/m0/s1. The molecule has 0 saturated carbocycles. The number of ether oxygens (including phenoxy) is 1. The Morgan fingerprint density at radius 1 is 1.11 bits per heavy atom. The van der Waals surface area contributed by atoms with Crippen molar-refractivity contribution in [2.45, 2.75) is 32.0 Å². The quantitative estimate of drug-likeness (QED) is 0.491. The van der Waals surface area contributed by atoms with E-state index in [9.17, 15) is 18.0 Å². The first-order valence-electron chi connectivity index (χ1n) is 11.7. The number of carbonyl (C=O) groups excluding carboxylic acids is 1. The molecular weight excluding hydrogens is 471 g/mol. The maximum atomic E-state index is 13.4. The summed E-state index contributed by atoms with van der Waals surface area (Å²) in [6.07, 6.45) is -4.43. The molecule has 7 nitrogen and oxygen atoms in total. The van der Waals surface area contributed by atoms with Gasteiger partial charge >= 0.3 is 12.2 Å². The number of nitrogens with zero attached hydrogens (tertiary/aromatic N) is 3. The number of urea groups is 1. The minimum Gasteiger partial charge on any atom is -0.383 e. The Bertz CT molecular complexity index is 1200. The van der Waals surface area contributed by atoms with Gasteiger partial charge < -0.3 is 10.1 Å². The van der Waals surface area contributed by atoms with E-state index in [4.69, 9.17) is 4.74 Å². The van der Waals surface area contributed by atoms with Crippen LogP contribution in [0.3, 0.4) is 0 Å². The summed E-state index contributed by atoms with van der Waals surface area (Å²) < 4.78 is 46.9. The zero-order valence-electron chi connectivity index (χ0n) is 20.5. The second-order valence-electron chi connectivity index (χ2n) is 8.99. The molecule has 2 amide bonds. The smallest absolute Gasteiger partial charge is 0.383 e. The molecule has 1 aromatic heterocycles. The number of benzene rings is 2. The van der Waals surface area contributed by atoms with E-state index in [1.807, 2.05) is 44.2 Å². The second kappa shape index (κ2) is 10.7. The number of methoxy groups -OCH3 is 1. The van der Waals surface area contributed by atoms with Gasteiger partial charge in [-0.3, -0.25) is 10.2 Å². The van der Waals surface area contributed by atoms with E-state index in [-0.39, 0.29) is 12.0 Å². The third-order valence-corrected chi connectivity index (χ3v) is 6.56. The molecule has 2 aromatic carbocycles. The van der Waals surface area contributed by atoms with Crippen LogP contribution in [0.2, 0.25) is 0 Å². The third kappa shape index (κ3) is 5.71. The normalized spacial score (nSPS) is 18.4. The van der Waals surface area contributed by atoms with Crippen LogP contribution >= 0.6 is 0 Å². The van der Waals surface area contributed by atoms with Gasteiger partial charge in [0.2, 0.25) is 0 Å². The summed E-state index contributed by atoms with van der Waals surface area (Å²) in [6, 6.07) is 14.0. The molecule has 0 unspecified atom stereocenters. The van der Waals surface area contributed by atoms with Crippen molar-refractivity contribution < 1.29 is 22.7 Å². The van der Waals surface area contributed by atoms with E-state index in [2.05, 4.69) is 20.6 Å². The summed E-state index contributed by atoms with van der Waals surface area (Å²) in [5.74, 6) is 0.234. The number of amides is 2. The molecule has 4 rings (SSSR count). The fourth-order valence-electron chi connectivity index (χ4n) is 4.54. The van der Waals surface area contributed by atoms with Gasteiger partial charge in [0.05, 0.1) is 29.6 Å². The Morgan fingerprint density at radius 2 is 1.86 bits per heavy atom. The van der Waals surface area contributed by atoms with Gasteiger partial charge in [-0.05, 0) is 37.6 Å². The van der Waals surface area contributed by atoms with Crippen molar-refractivity contribution >= 4 is 11.8 Å². The van der Waals surface area contributed by atoms with Crippen LogP contribution in [0.15, 0.2) is 54.6 Å². The number of aromatic nitrogens is 2. The number of aryl methyl sites for hydroxylation is 1. The van der Waals surface area contributed by atoms with Gasteiger partial charge in [-0.25, -0.2) is 9.48 Å². The zero-order chi connectivity index (χ0) is 25.9. The molecule has 192 valence electrons. The van der Waals surface area contributed by atoms with Gasteiger partial charge in [-0.2, -0.15) is 18.3 Å². The number of para-hydroxylation sites is 1. The van der Waals surface area contributed by atoms with Crippen LogP contribution in [0.5, 0.6) is 0 Å². The average molecular weight is 502 g/mol. The molecule has 2 atom stereocenters. The van der Waals surface area contributed by atoms with E-state index in [1.54, 1.807) is 17.9 Å². The molecule has 0 spiro atoms. The number of alkyl halides is 3. The molecule has 2 N–H and O–H groups in total. The number of hydrogen-bond acceptors (Lipinski definition) is 4. The molecular formula is C26H30F3N5O2. The second-order valence-corrected chi connectivity index (χ2v) is 8.99. The first-order valence-corrected chi connectivity index (χ1v) is 11.7. The molecule has 36 heavy (non-hydrogen) atoms. The van der Waals surface area contributed by atoms with Crippen molar-refractivity contribution in [2.75, 3.05) is 38.7 Å². The van der Waals surface area contributed by atoms with Gasteiger partial charge in [0.1, 0.15) is 5.82 Å². The van der Waals surface area contributed by atoms with E-state index < -0.39 is 17.8 Å². The van der Waals surface area contributed by atoms with Gasteiger partial charge in [0.15, 0.2) is 0 Å². The number of hydrogen-bond donors (Lipinski definition) is 2. The largest absolute Gasteiger partial charge is 0.416 e. The summed E-state index contributed by atoms with van der Waals surface area (Å²) in [7, 11) is 1.60. The van der Waals surface area contributed by atoms with Crippen LogP contribution in [0, 0.1) is 13.8 Å². The Kier molecular flexibility index (Phi) is 7.65. The van der Waals surface area contributed by atoms with Crippen LogP contribution in [0.25, 0.3) is 5.69 Å². The molecule has 2 heterocycles. The predicted molar refractivity (Wildman–Crippen MR) is 131 cm³/mol. The number of rotatable bonds is 7. The fraction of sp³-hybridized carbons (Fsp3) is 0.385. The highest BCUT2D eigenvalue weighted by Gasteiger charge is 2.37. The molecule has 10 heteroatoms. The monoisotopic (exact) mass is 501 g/mol. The summed E-state index contributed by atoms with van der Waals surface area (Å²) in [5, 5.41) is 10.5. The van der Waals surface area contributed by atoms with E-state index in [1.165, 1.54) is 12.1 Å². The highest BCUT2D eigenvalue weighted by atomic mass is 19.4. The minimum atomic E-state index is -4.43. The number of likely N-dealkylation sites (tertiary alicyclic amines) is 1. The average Bonchev–Trinajstić information content (AvgIpc) is 3.38. The predicted octanol–water partition coefficient (Wildman–Crippen LogP) is 4.74. The van der Waals surface area contributed by atoms with Crippen molar-refractivity contribution in [1.29, 1.82) is 0 Å². The molecule has 0 aliphatic carbocycles. The Labute approximate surface area is 208 Å². The molecule has 0 radical (unpaired) electrons. The fourth-order valence-corrected chi connectivity index (χ4v) is 4.54. The molecule has 0 bridgehead atoms. The van der Waals surface area contributed by atoms with Gasteiger partial charge in [-0.15, -0.1) is 0 Å². The van der Waals surface area contributed by atoms with Crippen LogP contribution in [-0.2, 0) is 10.9 Å². The first kappa shape index (κ1) is 25.7. The van der Waals surface area contributed by atoms with E-state index in [0.717, 1.165) is 23.0 Å². The Balaban J connectivity index is 1.56. The molecule has 1 fully saturated rings. The summed E-state index contributed by atoms with van der Waals surface area (Å²) in [4.78, 5) is 15.2. The summed E-state index contributed by atoms with van der Waals surface area (Å²) >= 11 is 0. The highest BCUT2D eigenvalue weighted by molar-refractivity contribution is 5.90. The van der Waals surface area contributed by atoms with Crippen molar-refractivity contribution in [3.05, 3.63) is 77.0 Å². The van der Waals surface area contributed by atoms with Crippen molar-refractivity contribution in [2.24, 2.45) is 0 Å². The summed E-state index contributed by atoms with van der Waals surface area (Å²) in [6.45, 7) is 5.86. The molecule has 1 aliphatic heterocycles. The summed E-state index contributed by atoms with van der Waals surface area (Å²) in [5.41, 5.74) is 2.25. The zero-order valence-corrected chi connectivity index (χ0v) is 20.5. The lowest BCUT2D eigenvalue weighted by Gasteiger charge is -2.22. The van der Waals surface area contributed by atoms with Gasteiger partial charge in [-0.1, -0.05) is 36.4 Å². The minimum absolute atomic E-state index is 0.309. The van der Waals surface area contributed by atoms with Crippen LogP contribution in [0.1, 0.15) is 28.3 Å². The van der Waals surface area contributed by atoms with Gasteiger partial charge in [0.25, 0.3) is 0 Å². The molecule has 1 saturated heterocycles. The molecule has 1 aliphatic rings. The maximum absolute atomic E-state index is 13.4. The van der Waals surface area contributed by atoms with Crippen LogP contribution in [0.4, 0.5) is 23.8 Å². The van der Waals surface area contributed by atoms with Crippen molar-refractivity contribution in [1.82, 2.24) is 20.0 Å². The first-order chi connectivity index (χ1) is 17.2. The molecule has 3 aromatic rings. The van der Waals surface area contributed by atoms with Crippen molar-refractivity contribution in [3.8, 4) is 5.69 Å². The highest BCUT2D eigenvalue weighted by Crippen LogP contribution is 2.34. The van der Waals surface area contributed by atoms with Crippen molar-refractivity contribution in [3.63, 3.8) is 0 Å². The lowest BCUT2D eigenvalue weighted by molar-refractivity contribution is -0.137. The number of halogens is 3. The van der Waals surface area contributed by atoms with E-state index >= 15 is 0 Å². The lowest BCUT2D eigenvalue weighted by atomic mass is 9.93. The number of anilines is 1. The van der Waals surface area contributed by atoms with Crippen LogP contribution < -0.4 is 10.6 Å². The van der Waals surface area contributed by atoms with Gasteiger partial charge in [0, 0.05) is 38.2 Å². The number of nitrogens with one attached hydrogen (secondary N) is 2. The maximum Gasteiger partial charge on any atom is 0.416 e. The lowest BCUT2D eigenvalue weighted by Crippen LogP contribution is -2.42. The third-order valence-electron chi connectivity index (χ3n) is 6.56. The van der Waals surface area contributed by atoms with E-state index in [0.29, 0.717) is 37.6 Å². The number of carbonyl (C=O) groups is 1. The topological polar surface area (TPSA) is 71.4 Å². The SMILES string of the molecule is COCCN1C[C@@H](NC(=O)Nc2c(C)c(C)nn2-c2ccccc2)[C@H](c2cccc(C(F)(F)F)c2)C1.